The van der Waals surface area contributed by atoms with Crippen LogP contribution in [0, 0.1) is 0 Å². The van der Waals surface area contributed by atoms with Gasteiger partial charge in [-0.15, -0.1) is 0 Å². The van der Waals surface area contributed by atoms with Crippen molar-refractivity contribution in [1.82, 2.24) is 0 Å². The molecule has 0 aliphatic heterocycles. The second-order valence-corrected chi connectivity index (χ2v) is 25.6. The second kappa shape index (κ2) is 72.1. The zero-order valence-corrected chi connectivity index (χ0v) is 56.2. The number of unbranched alkanes of at least 4 members (excludes halogenated alkanes) is 53. The Kier molecular flexibility index (Phi) is 70.0. The maximum Gasteiger partial charge on any atom is 0.306 e. The van der Waals surface area contributed by atoms with Crippen molar-refractivity contribution in [3.05, 3.63) is 36.5 Å². The predicted molar refractivity (Wildman–Crippen MR) is 362 cm³/mol. The van der Waals surface area contributed by atoms with E-state index in [0.717, 1.165) is 77.0 Å². The summed E-state index contributed by atoms with van der Waals surface area (Å²) in [7, 11) is 0. The number of rotatable bonds is 70. The molecule has 0 heterocycles. The molecule has 6 nitrogen and oxygen atoms in total. The molecule has 0 fully saturated rings. The van der Waals surface area contributed by atoms with Crippen LogP contribution in [0.3, 0.4) is 0 Å². The topological polar surface area (TPSA) is 78.9 Å². The van der Waals surface area contributed by atoms with Crippen LogP contribution in [0.5, 0.6) is 0 Å². The lowest BCUT2D eigenvalue weighted by atomic mass is 10.0. The first-order valence-electron chi connectivity index (χ1n) is 37.5. The van der Waals surface area contributed by atoms with Crippen molar-refractivity contribution < 1.29 is 28.6 Å². The van der Waals surface area contributed by atoms with Gasteiger partial charge in [-0.3, -0.25) is 14.4 Å². The number of esters is 3. The molecule has 488 valence electrons. The van der Waals surface area contributed by atoms with Gasteiger partial charge in [0, 0.05) is 19.3 Å². The van der Waals surface area contributed by atoms with Crippen LogP contribution in [0.4, 0.5) is 0 Å². The summed E-state index contributed by atoms with van der Waals surface area (Å²) >= 11 is 0. The van der Waals surface area contributed by atoms with Gasteiger partial charge >= 0.3 is 17.9 Å². The standard InChI is InChI=1S/C77H144O6/c1-4-7-10-13-16-19-22-25-28-30-32-34-36-37-38-39-41-42-44-46-49-52-55-58-61-64-67-70-76(79)82-73-74(72-81-75(78)69-66-63-60-57-54-51-48-27-24-21-18-15-12-9-6-3)83-77(80)71-68-65-62-59-56-53-50-47-45-43-40-35-33-31-29-26-23-20-17-14-11-8-5-2/h18,21,27,30,32,48,74H,4-17,19-20,22-26,28-29,31,33-47,49-73H2,1-3H3/b21-18-,32-30-,48-27-. The molecule has 0 bridgehead atoms. The Morgan fingerprint density at radius 2 is 0.434 bits per heavy atom. The van der Waals surface area contributed by atoms with E-state index in [1.807, 2.05) is 0 Å². The smallest absolute Gasteiger partial charge is 0.306 e. The lowest BCUT2D eigenvalue weighted by Crippen LogP contribution is -2.30. The highest BCUT2D eigenvalue weighted by atomic mass is 16.6. The molecule has 0 aromatic carbocycles. The van der Waals surface area contributed by atoms with Crippen molar-refractivity contribution in [2.45, 2.75) is 425 Å². The Hall–Kier alpha value is -2.37. The fourth-order valence-electron chi connectivity index (χ4n) is 11.5. The molecule has 83 heavy (non-hydrogen) atoms. The fraction of sp³-hybridized carbons (Fsp3) is 0.883. The number of hydrogen-bond donors (Lipinski definition) is 0. The van der Waals surface area contributed by atoms with E-state index in [1.54, 1.807) is 0 Å². The maximum absolute atomic E-state index is 13.0. The van der Waals surface area contributed by atoms with Crippen LogP contribution in [-0.4, -0.2) is 37.2 Å². The SMILES string of the molecule is CCCCC/C=C\C/C=C\CCCCCCCC(=O)OCC(COC(=O)CCCCCCCCCCCCCCCCC/C=C\CCCCCCCCCC)OC(=O)CCCCCCCCCCCCCCCCCCCCCCCCC. The van der Waals surface area contributed by atoms with Gasteiger partial charge in [0.2, 0.25) is 0 Å². The van der Waals surface area contributed by atoms with E-state index in [4.69, 9.17) is 14.2 Å². The van der Waals surface area contributed by atoms with Crippen molar-refractivity contribution in [3.63, 3.8) is 0 Å². The van der Waals surface area contributed by atoms with E-state index in [0.29, 0.717) is 19.3 Å². The second-order valence-electron chi connectivity index (χ2n) is 25.6. The average Bonchev–Trinajstić information content (AvgIpc) is 3.49. The maximum atomic E-state index is 13.0. The van der Waals surface area contributed by atoms with E-state index in [-0.39, 0.29) is 31.1 Å². The summed E-state index contributed by atoms with van der Waals surface area (Å²) in [5, 5.41) is 0. The molecule has 6 heteroatoms. The third kappa shape index (κ3) is 70.3. The molecule has 0 aromatic rings. The third-order valence-electron chi connectivity index (χ3n) is 17.1. The Labute approximate surface area is 518 Å². The van der Waals surface area contributed by atoms with Crippen molar-refractivity contribution >= 4 is 17.9 Å². The van der Waals surface area contributed by atoms with E-state index >= 15 is 0 Å². The number of allylic oxidation sites excluding steroid dienone is 6. The van der Waals surface area contributed by atoms with Crippen LogP contribution in [0.2, 0.25) is 0 Å². The van der Waals surface area contributed by atoms with Gasteiger partial charge in [0.1, 0.15) is 13.2 Å². The third-order valence-corrected chi connectivity index (χ3v) is 17.1. The van der Waals surface area contributed by atoms with Crippen LogP contribution < -0.4 is 0 Å². The van der Waals surface area contributed by atoms with E-state index in [1.165, 1.54) is 302 Å². The minimum absolute atomic E-state index is 0.0712. The minimum atomic E-state index is -0.777. The van der Waals surface area contributed by atoms with Gasteiger partial charge in [-0.05, 0) is 77.0 Å². The van der Waals surface area contributed by atoms with Crippen molar-refractivity contribution in [2.75, 3.05) is 13.2 Å². The van der Waals surface area contributed by atoms with Gasteiger partial charge in [-0.2, -0.15) is 0 Å². The normalized spacial score (nSPS) is 12.2. The van der Waals surface area contributed by atoms with Gasteiger partial charge in [-0.1, -0.05) is 359 Å². The summed E-state index contributed by atoms with van der Waals surface area (Å²) in [4.78, 5) is 38.5. The van der Waals surface area contributed by atoms with Crippen molar-refractivity contribution in [3.8, 4) is 0 Å². The van der Waals surface area contributed by atoms with E-state index in [9.17, 15) is 14.4 Å². The summed E-state index contributed by atoms with van der Waals surface area (Å²) in [6.45, 7) is 6.69. The Morgan fingerprint density at radius 1 is 0.241 bits per heavy atom. The van der Waals surface area contributed by atoms with Crippen LogP contribution in [0.15, 0.2) is 36.5 Å². The molecule has 0 aliphatic carbocycles. The summed E-state index contributed by atoms with van der Waals surface area (Å²) in [6, 6.07) is 0. The number of carbonyl (C=O) groups is 3. The predicted octanol–water partition coefficient (Wildman–Crippen LogP) is 25.9. The van der Waals surface area contributed by atoms with Crippen LogP contribution >= 0.6 is 0 Å². The Balaban J connectivity index is 4.24. The molecular formula is C77H144O6. The molecule has 0 radical (unpaired) electrons. The van der Waals surface area contributed by atoms with Gasteiger partial charge < -0.3 is 14.2 Å². The van der Waals surface area contributed by atoms with Crippen molar-refractivity contribution in [2.24, 2.45) is 0 Å². The summed E-state index contributed by atoms with van der Waals surface area (Å²) in [6.07, 6.45) is 90.5. The van der Waals surface area contributed by atoms with Crippen LogP contribution in [0.1, 0.15) is 419 Å². The molecule has 0 spiro atoms. The lowest BCUT2D eigenvalue weighted by Gasteiger charge is -2.18. The molecule has 0 saturated carbocycles. The molecular weight excluding hydrogens is 1020 g/mol. The highest BCUT2D eigenvalue weighted by Crippen LogP contribution is 2.19. The number of hydrogen-bond acceptors (Lipinski definition) is 6. The monoisotopic (exact) mass is 1170 g/mol. The molecule has 1 atom stereocenters. The first kappa shape index (κ1) is 80.6. The molecule has 0 N–H and O–H groups in total. The highest BCUT2D eigenvalue weighted by Gasteiger charge is 2.20. The van der Waals surface area contributed by atoms with E-state index in [2.05, 4.69) is 57.2 Å². The number of ether oxygens (including phenoxy) is 3. The highest BCUT2D eigenvalue weighted by molar-refractivity contribution is 5.71. The molecule has 0 rings (SSSR count). The van der Waals surface area contributed by atoms with E-state index < -0.39 is 6.10 Å². The number of carbonyl (C=O) groups excluding carboxylic acids is 3. The first-order chi connectivity index (χ1) is 41.0. The van der Waals surface area contributed by atoms with Gasteiger partial charge in [0.15, 0.2) is 6.10 Å². The van der Waals surface area contributed by atoms with Crippen molar-refractivity contribution in [1.29, 1.82) is 0 Å². The average molecular weight is 1170 g/mol. The summed E-state index contributed by atoms with van der Waals surface area (Å²) in [5.41, 5.74) is 0. The lowest BCUT2D eigenvalue weighted by molar-refractivity contribution is -0.167. The van der Waals surface area contributed by atoms with Gasteiger partial charge in [-0.25, -0.2) is 0 Å². The molecule has 0 aromatic heterocycles. The van der Waals surface area contributed by atoms with Gasteiger partial charge in [0.05, 0.1) is 0 Å². The fourth-order valence-corrected chi connectivity index (χ4v) is 11.5. The van der Waals surface area contributed by atoms with Gasteiger partial charge in [0.25, 0.3) is 0 Å². The Bertz CT molecular complexity index is 1380. The summed E-state index contributed by atoms with van der Waals surface area (Å²) < 4.78 is 17.0. The summed E-state index contributed by atoms with van der Waals surface area (Å²) in [5.74, 6) is -0.853. The first-order valence-corrected chi connectivity index (χ1v) is 37.5. The quantitative estimate of drug-likeness (QED) is 0.0261. The molecule has 0 aliphatic rings. The largest absolute Gasteiger partial charge is 0.462 e. The zero-order valence-electron chi connectivity index (χ0n) is 56.2. The van der Waals surface area contributed by atoms with Crippen LogP contribution in [-0.2, 0) is 28.6 Å². The molecule has 0 saturated heterocycles. The zero-order chi connectivity index (χ0) is 59.9. The minimum Gasteiger partial charge on any atom is -0.462 e. The Morgan fingerprint density at radius 3 is 0.699 bits per heavy atom. The molecule has 1 unspecified atom stereocenters. The van der Waals surface area contributed by atoms with Crippen LogP contribution in [0.25, 0.3) is 0 Å². The molecule has 0 amide bonds.